The van der Waals surface area contributed by atoms with Gasteiger partial charge in [0.2, 0.25) is 10.0 Å². The summed E-state index contributed by atoms with van der Waals surface area (Å²) in [5, 5.41) is 3.63. The minimum Gasteiger partial charge on any atom is -0.321 e. The van der Waals surface area contributed by atoms with Gasteiger partial charge in [-0.3, -0.25) is 4.79 Å². The molecule has 0 amide bonds. The largest absolute Gasteiger partial charge is 0.321 e. The average Bonchev–Trinajstić information content (AvgIpc) is 3.13. The maximum Gasteiger partial charge on any atom is 0.266 e. The van der Waals surface area contributed by atoms with Crippen LogP contribution in [0.4, 0.5) is 4.39 Å². The number of aromatic amines is 1. The molecule has 0 saturated heterocycles. The Morgan fingerprint density at radius 1 is 1.17 bits per heavy atom. The molecule has 0 fully saturated rings. The molecule has 4 rings (SSSR count). The first-order valence-corrected chi connectivity index (χ1v) is 11.8. The topological polar surface area (TPSA) is 79.0 Å². The Morgan fingerprint density at radius 3 is 2.69 bits per heavy atom. The molecule has 0 aliphatic carbocycles. The van der Waals surface area contributed by atoms with Crippen LogP contribution in [0.15, 0.2) is 46.6 Å². The lowest BCUT2D eigenvalue weighted by atomic mass is 9.93. The van der Waals surface area contributed by atoms with Crippen molar-refractivity contribution < 1.29 is 12.8 Å². The molecule has 0 aliphatic heterocycles. The van der Waals surface area contributed by atoms with Gasteiger partial charge in [0, 0.05) is 22.8 Å². The number of nitrogens with one attached hydrogen (secondary N) is 2. The number of hydrogen-bond acceptors (Lipinski definition) is 4. The van der Waals surface area contributed by atoms with Crippen LogP contribution in [0, 0.1) is 12.7 Å². The van der Waals surface area contributed by atoms with E-state index in [0.29, 0.717) is 21.3 Å². The Bertz CT molecular complexity index is 1400. The van der Waals surface area contributed by atoms with Crippen molar-refractivity contribution in [3.05, 3.63) is 69.1 Å². The molecule has 8 heteroatoms. The number of hydrogen-bond donors (Lipinski definition) is 2. The zero-order chi connectivity index (χ0) is 20.8. The molecule has 150 valence electrons. The molecule has 5 nitrogen and oxygen atoms in total. The van der Waals surface area contributed by atoms with Crippen LogP contribution in [0.1, 0.15) is 11.1 Å². The van der Waals surface area contributed by atoms with Crippen LogP contribution in [-0.4, -0.2) is 26.2 Å². The number of fused-ring (bicyclic) bond motifs is 3. The monoisotopic (exact) mass is 430 g/mol. The quantitative estimate of drug-likeness (QED) is 0.503. The highest BCUT2D eigenvalue weighted by Gasteiger charge is 2.15. The van der Waals surface area contributed by atoms with Crippen LogP contribution < -0.4 is 10.3 Å². The Balaban J connectivity index is 1.83. The molecule has 0 radical (unpaired) electrons. The van der Waals surface area contributed by atoms with E-state index in [9.17, 15) is 17.6 Å². The second-order valence-corrected chi connectivity index (χ2v) is 9.77. The van der Waals surface area contributed by atoms with Crippen molar-refractivity contribution in [1.29, 1.82) is 0 Å². The van der Waals surface area contributed by atoms with Crippen LogP contribution in [0.3, 0.4) is 0 Å². The van der Waals surface area contributed by atoms with E-state index >= 15 is 0 Å². The number of pyridine rings is 1. The Morgan fingerprint density at radius 2 is 1.97 bits per heavy atom. The molecule has 2 aromatic heterocycles. The van der Waals surface area contributed by atoms with Gasteiger partial charge in [-0.05, 0) is 59.2 Å². The summed E-state index contributed by atoms with van der Waals surface area (Å²) in [6.45, 7) is 2.10. The van der Waals surface area contributed by atoms with Gasteiger partial charge in [0.25, 0.3) is 5.56 Å². The zero-order valence-electron chi connectivity index (χ0n) is 15.9. The first-order valence-electron chi connectivity index (χ1n) is 9.01. The van der Waals surface area contributed by atoms with Gasteiger partial charge < -0.3 is 4.98 Å². The van der Waals surface area contributed by atoms with Crippen molar-refractivity contribution in [2.45, 2.75) is 13.3 Å². The lowest BCUT2D eigenvalue weighted by Gasteiger charge is -2.13. The summed E-state index contributed by atoms with van der Waals surface area (Å²) in [5.41, 5.74) is 3.59. The standard InChI is InChI=1S/C21H19FN2O3S2/c1-12-3-6-17-19(15-8-10-28-20(15)21(25)24-17)18(12)14-5-4-13(16(22)11-14)7-9-23-29(2,26)27/h3-6,8,10-11,23H,7,9H2,1-2H3,(H,24,25). The first kappa shape index (κ1) is 19.8. The molecule has 0 aliphatic rings. The molecule has 0 bridgehead atoms. The number of thiophene rings is 1. The molecular weight excluding hydrogens is 411 g/mol. The van der Waals surface area contributed by atoms with Gasteiger partial charge in [0.1, 0.15) is 10.5 Å². The van der Waals surface area contributed by atoms with Gasteiger partial charge in [-0.2, -0.15) is 0 Å². The Kier molecular flexibility index (Phi) is 5.02. The maximum absolute atomic E-state index is 14.8. The zero-order valence-corrected chi connectivity index (χ0v) is 17.5. The summed E-state index contributed by atoms with van der Waals surface area (Å²) >= 11 is 1.38. The summed E-state index contributed by atoms with van der Waals surface area (Å²) in [4.78, 5) is 15.2. The fourth-order valence-corrected chi connectivity index (χ4v) is 4.87. The highest BCUT2D eigenvalue weighted by Crippen LogP contribution is 2.36. The molecule has 0 saturated carbocycles. The van der Waals surface area contributed by atoms with E-state index in [-0.39, 0.29) is 24.3 Å². The normalized spacial score (nSPS) is 12.1. The molecule has 0 spiro atoms. The second-order valence-electron chi connectivity index (χ2n) is 7.02. The minimum atomic E-state index is -3.31. The van der Waals surface area contributed by atoms with E-state index in [1.54, 1.807) is 6.07 Å². The SMILES string of the molecule is Cc1ccc2[nH]c(=O)c3sccc3c2c1-c1ccc(CCNS(C)(=O)=O)c(F)c1. The smallest absolute Gasteiger partial charge is 0.266 e. The number of H-pyrrole nitrogens is 1. The van der Waals surface area contributed by atoms with E-state index in [0.717, 1.165) is 28.2 Å². The molecule has 2 N–H and O–H groups in total. The highest BCUT2D eigenvalue weighted by atomic mass is 32.2. The summed E-state index contributed by atoms with van der Waals surface area (Å²) in [6.07, 6.45) is 1.33. The Labute approximate surface area is 171 Å². The lowest BCUT2D eigenvalue weighted by molar-refractivity contribution is 0.583. The van der Waals surface area contributed by atoms with E-state index in [4.69, 9.17) is 0 Å². The number of aryl methyl sites for hydroxylation is 1. The van der Waals surface area contributed by atoms with Crippen molar-refractivity contribution in [3.63, 3.8) is 0 Å². The first-order chi connectivity index (χ1) is 13.7. The number of aromatic nitrogens is 1. The van der Waals surface area contributed by atoms with Gasteiger partial charge in [-0.25, -0.2) is 17.5 Å². The molecular formula is C21H19FN2O3S2. The third-order valence-electron chi connectivity index (χ3n) is 4.90. The van der Waals surface area contributed by atoms with Gasteiger partial charge in [0.15, 0.2) is 0 Å². The van der Waals surface area contributed by atoms with Crippen LogP contribution in [0.5, 0.6) is 0 Å². The molecule has 0 unspecified atom stereocenters. The number of halogens is 1. The number of sulfonamides is 1. The molecule has 29 heavy (non-hydrogen) atoms. The predicted octanol–water partition coefficient (Wildman–Crippen LogP) is 3.95. The maximum atomic E-state index is 14.8. The molecule has 4 aromatic rings. The van der Waals surface area contributed by atoms with E-state index in [1.165, 1.54) is 17.4 Å². The van der Waals surface area contributed by atoms with E-state index < -0.39 is 10.0 Å². The van der Waals surface area contributed by atoms with Gasteiger partial charge in [0.05, 0.1) is 6.26 Å². The average molecular weight is 431 g/mol. The molecule has 0 atom stereocenters. The Hall–Kier alpha value is -2.55. The number of benzene rings is 2. The van der Waals surface area contributed by atoms with Crippen LogP contribution >= 0.6 is 11.3 Å². The number of rotatable bonds is 5. The van der Waals surface area contributed by atoms with E-state index in [2.05, 4.69) is 9.71 Å². The minimum absolute atomic E-state index is 0.128. The molecule has 2 heterocycles. The van der Waals surface area contributed by atoms with E-state index in [1.807, 2.05) is 36.6 Å². The van der Waals surface area contributed by atoms with Crippen molar-refractivity contribution in [1.82, 2.24) is 9.71 Å². The van der Waals surface area contributed by atoms with Gasteiger partial charge in [-0.15, -0.1) is 11.3 Å². The van der Waals surface area contributed by atoms with Gasteiger partial charge >= 0.3 is 0 Å². The lowest BCUT2D eigenvalue weighted by Crippen LogP contribution is -2.24. The molecule has 2 aromatic carbocycles. The predicted molar refractivity (Wildman–Crippen MR) is 117 cm³/mol. The fourth-order valence-electron chi connectivity index (χ4n) is 3.60. The third-order valence-corrected chi connectivity index (χ3v) is 6.54. The van der Waals surface area contributed by atoms with Crippen molar-refractivity contribution in [2.24, 2.45) is 0 Å². The van der Waals surface area contributed by atoms with Crippen LogP contribution in [-0.2, 0) is 16.4 Å². The summed E-state index contributed by atoms with van der Waals surface area (Å²) < 4.78 is 40.2. The van der Waals surface area contributed by atoms with Crippen LogP contribution in [0.2, 0.25) is 0 Å². The summed E-state index contributed by atoms with van der Waals surface area (Å²) in [7, 11) is -3.31. The highest BCUT2D eigenvalue weighted by molar-refractivity contribution is 7.88. The summed E-state index contributed by atoms with van der Waals surface area (Å²) in [6, 6.07) is 10.7. The van der Waals surface area contributed by atoms with Crippen molar-refractivity contribution in [2.75, 3.05) is 12.8 Å². The van der Waals surface area contributed by atoms with Crippen molar-refractivity contribution in [3.8, 4) is 11.1 Å². The van der Waals surface area contributed by atoms with Crippen molar-refractivity contribution >= 4 is 42.3 Å². The van der Waals surface area contributed by atoms with Gasteiger partial charge in [-0.1, -0.05) is 18.2 Å². The third kappa shape index (κ3) is 3.83. The summed E-state index contributed by atoms with van der Waals surface area (Å²) in [5.74, 6) is -0.389. The van der Waals surface area contributed by atoms with Crippen LogP contribution in [0.25, 0.3) is 32.1 Å². The second kappa shape index (κ2) is 7.37. The fraction of sp³-hybridized carbons (Fsp3) is 0.190.